The molecule has 84 valence electrons. The van der Waals surface area contributed by atoms with E-state index in [0.29, 0.717) is 0 Å². The molecule has 0 aliphatic carbocycles. The first-order valence-corrected chi connectivity index (χ1v) is 14.2. The molecule has 0 spiro atoms. The Bertz CT molecular complexity index is 356. The Morgan fingerprint density at radius 1 is 1.00 bits per heavy atom. The van der Waals surface area contributed by atoms with E-state index < -0.39 is 21.8 Å². The van der Waals surface area contributed by atoms with Crippen molar-refractivity contribution in [3.05, 3.63) is 28.8 Å². The number of rotatable bonds is 1. The van der Waals surface area contributed by atoms with Crippen LogP contribution in [0.3, 0.4) is 0 Å². The zero-order valence-corrected chi connectivity index (χ0v) is 14.6. The first-order valence-electron chi connectivity index (χ1n) is 5.52. The molecule has 0 aliphatic heterocycles. The maximum absolute atomic E-state index is 2.47. The zero-order valence-electron chi connectivity index (χ0n) is 11.1. The number of aryl methyl sites for hydroxylation is 1. The van der Waals surface area contributed by atoms with Crippen molar-refractivity contribution in [2.24, 2.45) is 0 Å². The summed E-state index contributed by atoms with van der Waals surface area (Å²) in [5.74, 6) is 0. The minimum absolute atomic E-state index is 0.282. The van der Waals surface area contributed by atoms with Gasteiger partial charge in [-0.3, -0.25) is 0 Å². The van der Waals surface area contributed by atoms with Gasteiger partial charge in [0.2, 0.25) is 0 Å². The van der Waals surface area contributed by atoms with E-state index in [0.717, 1.165) is 0 Å². The van der Waals surface area contributed by atoms with E-state index in [2.05, 4.69) is 56.0 Å². The van der Waals surface area contributed by atoms with Gasteiger partial charge in [0.15, 0.2) is 0 Å². The zero-order chi connectivity index (χ0) is 11.8. The molecule has 0 amide bonds. The Morgan fingerprint density at radius 3 is 1.93 bits per heavy atom. The monoisotopic (exact) mass is 400 g/mol. The molecule has 0 radical (unpaired) electrons. The molecule has 0 saturated carbocycles. The quantitative estimate of drug-likeness (QED) is 0.633. The van der Waals surface area contributed by atoms with Gasteiger partial charge in [0.05, 0.1) is 0 Å². The van der Waals surface area contributed by atoms with Crippen molar-refractivity contribution in [1.82, 2.24) is 0 Å². The van der Waals surface area contributed by atoms with E-state index in [4.69, 9.17) is 0 Å². The second-order valence-corrected chi connectivity index (χ2v) is 14.5. The third-order valence-electron chi connectivity index (χ3n) is 2.98. The van der Waals surface area contributed by atoms with Crippen molar-refractivity contribution in [1.29, 1.82) is 0 Å². The third kappa shape index (κ3) is 3.03. The van der Waals surface area contributed by atoms with E-state index in [1.165, 1.54) is 11.1 Å². The van der Waals surface area contributed by atoms with Gasteiger partial charge in [-0.25, -0.2) is 0 Å². The summed E-state index contributed by atoms with van der Waals surface area (Å²) < 4.78 is 6.59. The molecule has 0 nitrogen and oxygen atoms in total. The number of hydrogen-bond donors (Lipinski definition) is 0. The average Bonchev–Trinajstić information content (AvgIpc) is 2.06. The van der Waals surface area contributed by atoms with Gasteiger partial charge in [-0.1, -0.05) is 0 Å². The van der Waals surface area contributed by atoms with Gasteiger partial charge in [0, 0.05) is 0 Å². The van der Waals surface area contributed by atoms with Crippen LogP contribution < -0.4 is 3.27 Å². The molecule has 1 rings (SSSR count). The fourth-order valence-electron chi connectivity index (χ4n) is 1.88. The SMILES string of the molecule is Cc1c[c]([Bi]([CH3])[CH3])cc(C(C)(C)C)c1C. The summed E-state index contributed by atoms with van der Waals surface area (Å²) in [6.45, 7) is 11.4. The Morgan fingerprint density at radius 2 is 1.53 bits per heavy atom. The standard InChI is InChI=1S/C12H17.2CH3.Bi/c1-9-7-6-8-11(10(9)2)12(3,4)5;;;/h7-8H,1-5H3;2*1H3;. The molecule has 1 aromatic rings. The van der Waals surface area contributed by atoms with Crippen LogP contribution in [0.4, 0.5) is 0 Å². The molecule has 1 aromatic carbocycles. The summed E-state index contributed by atoms with van der Waals surface area (Å²) in [5, 5.41) is 0. The van der Waals surface area contributed by atoms with Crippen LogP contribution in [0.2, 0.25) is 9.26 Å². The van der Waals surface area contributed by atoms with Gasteiger partial charge in [0.25, 0.3) is 0 Å². The summed E-state index contributed by atoms with van der Waals surface area (Å²) >= 11 is -1.28. The second kappa shape index (κ2) is 4.54. The maximum atomic E-state index is 2.47. The van der Waals surface area contributed by atoms with E-state index in [9.17, 15) is 0 Å². The second-order valence-electron chi connectivity index (χ2n) is 5.58. The molecule has 0 unspecified atom stereocenters. The first-order chi connectivity index (χ1) is 6.73. The molecule has 0 aromatic heterocycles. The van der Waals surface area contributed by atoms with Crippen LogP contribution >= 0.6 is 0 Å². The topological polar surface area (TPSA) is 0 Å². The summed E-state index contributed by atoms with van der Waals surface area (Å²) in [6, 6.07) is 4.89. The van der Waals surface area contributed by atoms with Crippen LogP contribution in [0.1, 0.15) is 37.5 Å². The van der Waals surface area contributed by atoms with Crippen molar-refractivity contribution in [2.75, 3.05) is 0 Å². The van der Waals surface area contributed by atoms with Crippen LogP contribution in [-0.2, 0) is 5.41 Å². The van der Waals surface area contributed by atoms with Crippen molar-refractivity contribution in [3.63, 3.8) is 0 Å². The molecule has 0 atom stereocenters. The van der Waals surface area contributed by atoms with Crippen molar-refractivity contribution in [3.8, 4) is 0 Å². The molecule has 15 heavy (non-hydrogen) atoms. The number of benzene rings is 1. The predicted molar refractivity (Wildman–Crippen MR) is 71.7 cm³/mol. The van der Waals surface area contributed by atoms with Crippen LogP contribution in [0.5, 0.6) is 0 Å². The Labute approximate surface area is 103 Å². The summed E-state index contributed by atoms with van der Waals surface area (Å²) in [5.41, 5.74) is 4.78. The Balaban J connectivity index is 3.38. The van der Waals surface area contributed by atoms with Gasteiger partial charge >= 0.3 is 103 Å². The third-order valence-corrected chi connectivity index (χ3v) is 8.00. The average molecular weight is 400 g/mol. The van der Waals surface area contributed by atoms with E-state index in [1.54, 1.807) is 8.83 Å². The summed E-state index contributed by atoms with van der Waals surface area (Å²) in [4.78, 5) is 0. The molecule has 0 saturated heterocycles. The molecule has 0 aliphatic rings. The van der Waals surface area contributed by atoms with Crippen molar-refractivity contribution < 1.29 is 0 Å². The normalized spacial score (nSPS) is 12.3. The van der Waals surface area contributed by atoms with Crippen LogP contribution in [0.25, 0.3) is 0 Å². The van der Waals surface area contributed by atoms with Crippen LogP contribution in [0, 0.1) is 13.8 Å². The molecule has 0 bridgehead atoms. The van der Waals surface area contributed by atoms with Gasteiger partial charge in [-0.15, -0.1) is 0 Å². The van der Waals surface area contributed by atoms with Gasteiger partial charge in [0.1, 0.15) is 0 Å². The van der Waals surface area contributed by atoms with Gasteiger partial charge < -0.3 is 0 Å². The van der Waals surface area contributed by atoms with Gasteiger partial charge in [-0.05, 0) is 0 Å². The predicted octanol–water partition coefficient (Wildman–Crippen LogP) is 3.56. The van der Waals surface area contributed by atoms with Crippen molar-refractivity contribution in [2.45, 2.75) is 49.3 Å². The van der Waals surface area contributed by atoms with E-state index >= 15 is 0 Å². The first kappa shape index (κ1) is 13.2. The van der Waals surface area contributed by atoms with E-state index in [1.807, 2.05) is 0 Å². The van der Waals surface area contributed by atoms with E-state index in [-0.39, 0.29) is 5.41 Å². The summed E-state index contributed by atoms with van der Waals surface area (Å²) in [7, 11) is 0. The fourth-order valence-corrected chi connectivity index (χ4v) is 5.14. The van der Waals surface area contributed by atoms with Crippen LogP contribution in [0.15, 0.2) is 12.1 Å². The molecular formula is C14H23Bi. The molecule has 0 N–H and O–H groups in total. The van der Waals surface area contributed by atoms with Crippen molar-refractivity contribution >= 4 is 25.0 Å². The molecule has 0 heterocycles. The minimum atomic E-state index is -1.28. The summed E-state index contributed by atoms with van der Waals surface area (Å²) in [6.07, 6.45) is 0. The van der Waals surface area contributed by atoms with Crippen LogP contribution in [-0.4, -0.2) is 21.8 Å². The number of hydrogen-bond acceptors (Lipinski definition) is 0. The molecular weight excluding hydrogens is 377 g/mol. The Hall–Kier alpha value is 0.103. The Kier molecular flexibility index (Phi) is 3.98. The molecule has 1 heteroatoms. The fraction of sp³-hybridized carbons (Fsp3) is 0.571. The van der Waals surface area contributed by atoms with Gasteiger partial charge in [-0.2, -0.15) is 0 Å². The molecule has 0 fully saturated rings.